The fraction of sp³-hybridized carbons (Fsp3) is 0.273. The Labute approximate surface area is 186 Å². The number of ether oxygens (including phenoxy) is 1. The smallest absolute Gasteiger partial charge is 0.271 e. The molecule has 3 saturated carbocycles. The van der Waals surface area contributed by atoms with Gasteiger partial charge in [0.25, 0.3) is 11.8 Å². The van der Waals surface area contributed by atoms with Gasteiger partial charge in [0.1, 0.15) is 23.1 Å². The van der Waals surface area contributed by atoms with Crippen LogP contribution in [0.4, 0.5) is 8.78 Å². The van der Waals surface area contributed by atoms with Crippen LogP contribution in [0.1, 0.15) is 29.8 Å². The third-order valence-electron chi connectivity index (χ3n) is 5.81. The minimum absolute atomic E-state index is 0.0217. The molecule has 0 aliphatic heterocycles. The lowest BCUT2D eigenvalue weighted by atomic mass is 9.44. The van der Waals surface area contributed by atoms with Crippen LogP contribution in [0, 0.1) is 11.6 Å². The Morgan fingerprint density at radius 2 is 1.78 bits per heavy atom. The molecule has 3 aliphatic rings. The molecule has 1 heterocycles. The zero-order valence-corrected chi connectivity index (χ0v) is 17.4. The van der Waals surface area contributed by atoms with Crippen molar-refractivity contribution in [3.8, 4) is 5.75 Å². The lowest BCUT2D eigenvalue weighted by Crippen LogP contribution is -2.84. The molecule has 2 amide bonds. The van der Waals surface area contributed by atoms with Crippen LogP contribution < -0.4 is 15.4 Å². The van der Waals surface area contributed by atoms with Crippen LogP contribution in [0.15, 0.2) is 42.6 Å². The molecule has 164 valence electrons. The standard InChI is InChI=1S/C22H17ClF2N4O3/c23-14-3-2-13(6-15(14)25)32-8-19(30)28-21-9-22(10-21,11-21)29-20(31)18-7-26-17-5-12(24)1-4-16(17)27-18/h1-7H,8-11H2,(H,28,30)(H,29,31). The van der Waals surface area contributed by atoms with Crippen molar-refractivity contribution >= 4 is 34.4 Å². The van der Waals surface area contributed by atoms with Gasteiger partial charge in [-0.3, -0.25) is 14.6 Å². The maximum atomic E-state index is 13.4. The highest BCUT2D eigenvalue weighted by molar-refractivity contribution is 6.30. The van der Waals surface area contributed by atoms with Gasteiger partial charge < -0.3 is 15.4 Å². The largest absolute Gasteiger partial charge is 0.484 e. The van der Waals surface area contributed by atoms with Crippen molar-refractivity contribution in [1.82, 2.24) is 20.6 Å². The van der Waals surface area contributed by atoms with Gasteiger partial charge in [-0.15, -0.1) is 0 Å². The molecule has 2 bridgehead atoms. The van der Waals surface area contributed by atoms with E-state index in [0.717, 1.165) is 6.07 Å². The predicted molar refractivity (Wildman–Crippen MR) is 111 cm³/mol. The zero-order valence-electron chi connectivity index (χ0n) is 16.6. The van der Waals surface area contributed by atoms with E-state index in [2.05, 4.69) is 20.6 Å². The highest BCUT2D eigenvalue weighted by atomic mass is 35.5. The number of nitrogens with zero attached hydrogens (tertiary/aromatic N) is 2. The molecule has 1 aromatic heterocycles. The van der Waals surface area contributed by atoms with E-state index >= 15 is 0 Å². The Morgan fingerprint density at radius 1 is 1.03 bits per heavy atom. The number of hydrogen-bond donors (Lipinski definition) is 2. The van der Waals surface area contributed by atoms with Gasteiger partial charge in [0.05, 0.1) is 22.3 Å². The summed E-state index contributed by atoms with van der Waals surface area (Å²) in [5.74, 6) is -1.52. The zero-order chi connectivity index (χ0) is 22.5. The van der Waals surface area contributed by atoms with Gasteiger partial charge in [0, 0.05) is 23.2 Å². The number of amides is 2. The number of aromatic nitrogens is 2. The average Bonchev–Trinajstić information content (AvgIpc) is 2.71. The molecule has 0 atom stereocenters. The topological polar surface area (TPSA) is 93.2 Å². The summed E-state index contributed by atoms with van der Waals surface area (Å²) in [5.41, 5.74) is 0.198. The summed E-state index contributed by atoms with van der Waals surface area (Å²) >= 11 is 5.62. The van der Waals surface area contributed by atoms with Gasteiger partial charge >= 0.3 is 0 Å². The molecule has 32 heavy (non-hydrogen) atoms. The molecule has 2 aromatic carbocycles. The minimum atomic E-state index is -0.620. The summed E-state index contributed by atoms with van der Waals surface area (Å²) in [7, 11) is 0. The van der Waals surface area contributed by atoms with E-state index in [0.29, 0.717) is 30.3 Å². The fourth-order valence-corrected chi connectivity index (χ4v) is 4.62. The van der Waals surface area contributed by atoms with Gasteiger partial charge in [0.15, 0.2) is 6.61 Å². The van der Waals surface area contributed by atoms with E-state index in [4.69, 9.17) is 16.3 Å². The van der Waals surface area contributed by atoms with E-state index in [9.17, 15) is 18.4 Å². The maximum Gasteiger partial charge on any atom is 0.271 e. The Hall–Kier alpha value is -3.33. The number of benzene rings is 2. The molecule has 0 spiro atoms. The van der Waals surface area contributed by atoms with Crippen LogP contribution in [0.2, 0.25) is 5.02 Å². The molecule has 0 radical (unpaired) electrons. The number of nitrogens with one attached hydrogen (secondary N) is 2. The first-order valence-electron chi connectivity index (χ1n) is 9.89. The third-order valence-corrected chi connectivity index (χ3v) is 6.12. The highest BCUT2D eigenvalue weighted by Crippen LogP contribution is 2.60. The molecular weight excluding hydrogens is 442 g/mol. The van der Waals surface area contributed by atoms with Crippen molar-refractivity contribution in [1.29, 1.82) is 0 Å². The fourth-order valence-electron chi connectivity index (χ4n) is 4.50. The van der Waals surface area contributed by atoms with Crippen LogP contribution in [0.25, 0.3) is 11.0 Å². The maximum absolute atomic E-state index is 13.4. The summed E-state index contributed by atoms with van der Waals surface area (Å²) in [6, 6.07) is 7.95. The second-order valence-electron chi connectivity index (χ2n) is 8.35. The molecule has 2 N–H and O–H groups in total. The molecule has 0 unspecified atom stereocenters. The van der Waals surface area contributed by atoms with Gasteiger partial charge in [-0.1, -0.05) is 11.6 Å². The van der Waals surface area contributed by atoms with Crippen LogP contribution in [0.3, 0.4) is 0 Å². The summed E-state index contributed by atoms with van der Waals surface area (Å²) < 4.78 is 32.0. The number of halogens is 3. The number of carbonyl (C=O) groups excluding carboxylic acids is 2. The first kappa shape index (κ1) is 20.6. The molecule has 7 nitrogen and oxygen atoms in total. The van der Waals surface area contributed by atoms with Crippen molar-refractivity contribution < 1.29 is 23.1 Å². The summed E-state index contributed by atoms with van der Waals surface area (Å²) in [4.78, 5) is 33.1. The van der Waals surface area contributed by atoms with Crippen molar-refractivity contribution in [2.24, 2.45) is 0 Å². The van der Waals surface area contributed by atoms with E-state index in [1.807, 2.05) is 0 Å². The first-order valence-corrected chi connectivity index (χ1v) is 10.3. The average molecular weight is 459 g/mol. The summed E-state index contributed by atoms with van der Waals surface area (Å²) in [6.45, 7) is -0.255. The monoisotopic (exact) mass is 458 g/mol. The lowest BCUT2D eigenvalue weighted by molar-refractivity contribution is -0.141. The Morgan fingerprint density at radius 3 is 2.53 bits per heavy atom. The highest BCUT2D eigenvalue weighted by Gasteiger charge is 2.69. The molecular formula is C22H17ClF2N4O3. The van der Waals surface area contributed by atoms with Gasteiger partial charge in [-0.25, -0.2) is 13.8 Å². The van der Waals surface area contributed by atoms with Crippen LogP contribution in [0.5, 0.6) is 5.75 Å². The summed E-state index contributed by atoms with van der Waals surface area (Å²) in [5, 5.41) is 5.87. The van der Waals surface area contributed by atoms with Crippen LogP contribution >= 0.6 is 11.6 Å². The molecule has 0 saturated heterocycles. The van der Waals surface area contributed by atoms with Crippen molar-refractivity contribution in [3.63, 3.8) is 0 Å². The third kappa shape index (κ3) is 3.73. The first-order chi connectivity index (χ1) is 15.2. The van der Waals surface area contributed by atoms with Crippen molar-refractivity contribution in [3.05, 3.63) is 64.9 Å². The Kier molecular flexibility index (Phi) is 4.74. The van der Waals surface area contributed by atoms with Crippen molar-refractivity contribution in [2.45, 2.75) is 30.3 Å². The van der Waals surface area contributed by atoms with E-state index in [1.165, 1.54) is 36.5 Å². The van der Waals surface area contributed by atoms with Crippen LogP contribution in [-0.4, -0.2) is 39.5 Å². The molecule has 3 fully saturated rings. The number of carbonyl (C=O) groups is 2. The molecule has 3 aromatic rings. The molecule has 10 heteroatoms. The van der Waals surface area contributed by atoms with Crippen LogP contribution in [-0.2, 0) is 4.79 Å². The number of fused-ring (bicyclic) bond motifs is 1. The second kappa shape index (κ2) is 7.37. The van der Waals surface area contributed by atoms with E-state index < -0.39 is 11.6 Å². The molecule has 6 rings (SSSR count). The number of rotatable bonds is 6. The van der Waals surface area contributed by atoms with E-state index in [1.54, 1.807) is 0 Å². The molecule has 3 aliphatic carbocycles. The Bertz CT molecular complexity index is 1250. The predicted octanol–water partition coefficient (Wildman–Crippen LogP) is 3.16. The van der Waals surface area contributed by atoms with Gasteiger partial charge in [-0.05, 0) is 43.5 Å². The second-order valence-corrected chi connectivity index (χ2v) is 8.75. The lowest BCUT2D eigenvalue weighted by Gasteiger charge is -2.70. The SMILES string of the molecule is O=C(COc1ccc(Cl)c(F)c1)NC12CC(NC(=O)c3cnc4cc(F)ccc4n3)(C1)C2. The Balaban J connectivity index is 1.13. The summed E-state index contributed by atoms with van der Waals surface area (Å²) in [6.07, 6.45) is 3.11. The normalized spacial score (nSPS) is 23.1. The van der Waals surface area contributed by atoms with E-state index in [-0.39, 0.29) is 46.0 Å². The van der Waals surface area contributed by atoms with Crippen molar-refractivity contribution in [2.75, 3.05) is 6.61 Å². The number of hydrogen-bond acceptors (Lipinski definition) is 5. The van der Waals surface area contributed by atoms with Gasteiger partial charge in [-0.2, -0.15) is 0 Å². The quantitative estimate of drug-likeness (QED) is 0.592. The van der Waals surface area contributed by atoms with Gasteiger partial charge in [0.2, 0.25) is 0 Å². The minimum Gasteiger partial charge on any atom is -0.484 e.